The van der Waals surface area contributed by atoms with Crippen molar-refractivity contribution in [3.05, 3.63) is 0 Å². The molecule has 0 aliphatic heterocycles. The maximum Gasteiger partial charge on any atom is 0.302 e. The van der Waals surface area contributed by atoms with Crippen LogP contribution in [0.3, 0.4) is 0 Å². The molecule has 8 nitrogen and oxygen atoms in total. The number of hydrogen-bond donors (Lipinski definition) is 2. The van der Waals surface area contributed by atoms with E-state index in [2.05, 4.69) is 4.74 Å². The van der Waals surface area contributed by atoms with Crippen molar-refractivity contribution in [2.45, 2.75) is 26.2 Å². The zero-order valence-corrected chi connectivity index (χ0v) is 13.4. The minimum atomic E-state index is -4.72. The van der Waals surface area contributed by atoms with Gasteiger partial charge in [0, 0.05) is 19.2 Å². The minimum absolute atomic E-state index is 0.0846. The van der Waals surface area contributed by atoms with E-state index in [4.69, 9.17) is 4.52 Å². The van der Waals surface area contributed by atoms with Crippen molar-refractivity contribution in [1.29, 1.82) is 0 Å². The van der Waals surface area contributed by atoms with Crippen LogP contribution in [-0.4, -0.2) is 55.0 Å². The summed E-state index contributed by atoms with van der Waals surface area (Å²) in [5.74, 6) is -1.90. The van der Waals surface area contributed by atoms with Crippen LogP contribution in [0.15, 0.2) is 0 Å². The van der Waals surface area contributed by atoms with Gasteiger partial charge in [-0.1, -0.05) is 13.8 Å². The van der Waals surface area contributed by atoms with Gasteiger partial charge in [-0.25, -0.2) is 0 Å². The summed E-state index contributed by atoms with van der Waals surface area (Å²) in [6.07, 6.45) is 0.169. The van der Waals surface area contributed by atoms with Gasteiger partial charge in [-0.3, -0.25) is 13.9 Å². The fraction of sp³-hybridized carbons (Fsp3) is 0.900. The molecular weight excluding hydrogens is 311 g/mol. The molecule has 0 heterocycles. The van der Waals surface area contributed by atoms with Gasteiger partial charge >= 0.3 is 5.97 Å². The summed E-state index contributed by atoms with van der Waals surface area (Å²) in [6, 6.07) is 0. The Bertz CT molecular complexity index is 452. The number of carbonyl (C=O) groups excluding carboxylic acids is 1. The van der Waals surface area contributed by atoms with Gasteiger partial charge in [0.05, 0.1) is 19.1 Å². The van der Waals surface area contributed by atoms with E-state index in [9.17, 15) is 27.4 Å². The molecule has 2 N–H and O–H groups in total. The highest BCUT2D eigenvalue weighted by Gasteiger charge is 2.38. The molecule has 0 spiro atoms. The van der Waals surface area contributed by atoms with Crippen LogP contribution in [0.2, 0.25) is 0 Å². The van der Waals surface area contributed by atoms with E-state index in [-0.39, 0.29) is 12.3 Å². The summed E-state index contributed by atoms with van der Waals surface area (Å²) < 4.78 is 53.7. The lowest BCUT2D eigenvalue weighted by atomic mass is 10.2. The zero-order valence-electron chi connectivity index (χ0n) is 11.7. The molecule has 0 amide bonds. The lowest BCUT2D eigenvalue weighted by Gasteiger charge is -2.26. The van der Waals surface area contributed by atoms with E-state index in [1.165, 1.54) is 0 Å². The van der Waals surface area contributed by atoms with Crippen molar-refractivity contribution in [3.8, 4) is 0 Å². The number of esters is 1. The highest BCUT2D eigenvalue weighted by Crippen LogP contribution is 2.48. The van der Waals surface area contributed by atoms with Gasteiger partial charge in [-0.15, -0.1) is 0 Å². The minimum Gasteiger partial charge on any atom is -0.465 e. The Hall–Kier alpha value is -0.470. The molecule has 0 aromatic carbocycles. The molecular formula is C10H21O8PS. The second-order valence-electron chi connectivity index (χ2n) is 4.18. The molecule has 120 valence electrons. The van der Waals surface area contributed by atoms with E-state index in [1.54, 1.807) is 13.8 Å². The number of ether oxygens (including phenoxy) is 1. The molecule has 0 saturated heterocycles. The maximum atomic E-state index is 12.2. The molecule has 2 atom stereocenters. The Morgan fingerprint density at radius 1 is 1.30 bits per heavy atom. The predicted octanol–water partition coefficient (Wildman–Crippen LogP) is 0.706. The third-order valence-electron chi connectivity index (χ3n) is 2.67. The second-order valence-corrected chi connectivity index (χ2v) is 8.78. The highest BCUT2D eigenvalue weighted by molar-refractivity contribution is 7.86. The van der Waals surface area contributed by atoms with E-state index in [0.717, 1.165) is 6.92 Å². The molecule has 20 heavy (non-hydrogen) atoms. The molecule has 0 aliphatic rings. The fourth-order valence-corrected chi connectivity index (χ4v) is 4.24. The molecule has 0 bridgehead atoms. The molecule has 0 rings (SSSR count). The van der Waals surface area contributed by atoms with Crippen molar-refractivity contribution in [3.63, 3.8) is 0 Å². The van der Waals surface area contributed by atoms with Gasteiger partial charge in [0.1, 0.15) is 0 Å². The third-order valence-corrected chi connectivity index (χ3v) is 6.42. The molecule has 10 heteroatoms. The topological polar surface area (TPSA) is 127 Å². The number of carbonyl (C=O) groups is 1. The summed E-state index contributed by atoms with van der Waals surface area (Å²) in [5, 5.41) is 9.18. The Balaban J connectivity index is 5.23. The van der Waals surface area contributed by atoms with Crippen molar-refractivity contribution in [1.82, 2.24) is 0 Å². The van der Waals surface area contributed by atoms with Crippen molar-refractivity contribution < 1.29 is 36.7 Å². The van der Waals surface area contributed by atoms with Crippen LogP contribution in [0.1, 0.15) is 20.8 Å². The lowest BCUT2D eigenvalue weighted by molar-refractivity contribution is -0.143. The van der Waals surface area contributed by atoms with Gasteiger partial charge in [0.25, 0.3) is 10.1 Å². The van der Waals surface area contributed by atoms with Crippen LogP contribution in [0.4, 0.5) is 0 Å². The molecule has 0 saturated carbocycles. The summed E-state index contributed by atoms with van der Waals surface area (Å²) in [5.41, 5.74) is -1.91. The summed E-state index contributed by atoms with van der Waals surface area (Å²) in [4.78, 5) is 10.7. The zero-order chi connectivity index (χ0) is 16.0. The fourth-order valence-electron chi connectivity index (χ4n) is 1.39. The number of aliphatic hydroxyl groups excluding tert-OH is 1. The Kier molecular flexibility index (Phi) is 7.90. The number of aliphatic hydroxyl groups is 1. The van der Waals surface area contributed by atoms with Crippen LogP contribution < -0.4 is 0 Å². The van der Waals surface area contributed by atoms with Crippen molar-refractivity contribution >= 4 is 23.5 Å². The maximum absolute atomic E-state index is 12.2. The third kappa shape index (κ3) is 6.32. The largest absolute Gasteiger partial charge is 0.465 e. The standard InChI is InChI=1S/C10H21O8PS/c1-4-19(13,5-2)18-10(20(14,15)16)9(6-11)7-17-8(3)12/h9-11H,4-7H2,1-3H3,(H,14,15,16). The van der Waals surface area contributed by atoms with Gasteiger partial charge in [0.15, 0.2) is 5.44 Å². The first-order valence-electron chi connectivity index (χ1n) is 6.06. The Labute approximate surface area is 118 Å². The van der Waals surface area contributed by atoms with Crippen molar-refractivity contribution in [2.75, 3.05) is 25.5 Å². The lowest BCUT2D eigenvalue weighted by Crippen LogP contribution is -2.37. The van der Waals surface area contributed by atoms with Crippen molar-refractivity contribution in [2.24, 2.45) is 5.92 Å². The van der Waals surface area contributed by atoms with E-state index in [1.807, 2.05) is 0 Å². The van der Waals surface area contributed by atoms with Crippen LogP contribution >= 0.6 is 7.37 Å². The van der Waals surface area contributed by atoms with Gasteiger partial charge in [0.2, 0.25) is 7.37 Å². The SMILES string of the molecule is CCP(=O)(CC)OC(C(CO)COC(C)=O)S(=O)(=O)O. The highest BCUT2D eigenvalue weighted by atomic mass is 32.2. The normalized spacial score (nSPS) is 15.7. The van der Waals surface area contributed by atoms with Crippen LogP contribution in [0.25, 0.3) is 0 Å². The number of hydrogen-bond acceptors (Lipinski definition) is 7. The van der Waals surface area contributed by atoms with Crippen LogP contribution in [-0.2, 0) is 28.7 Å². The van der Waals surface area contributed by atoms with Gasteiger partial charge in [-0.2, -0.15) is 8.42 Å². The summed E-state index contributed by atoms with van der Waals surface area (Å²) in [7, 11) is -7.96. The van der Waals surface area contributed by atoms with E-state index in [0.29, 0.717) is 0 Å². The average Bonchev–Trinajstić information content (AvgIpc) is 2.36. The second kappa shape index (κ2) is 8.09. The molecule has 2 unspecified atom stereocenters. The molecule has 0 aromatic heterocycles. The van der Waals surface area contributed by atoms with Crippen LogP contribution in [0, 0.1) is 5.92 Å². The predicted molar refractivity (Wildman–Crippen MR) is 72.3 cm³/mol. The molecule has 0 radical (unpaired) electrons. The van der Waals surface area contributed by atoms with E-state index < -0.39 is 48.0 Å². The average molecular weight is 332 g/mol. The monoisotopic (exact) mass is 332 g/mol. The first kappa shape index (κ1) is 19.5. The van der Waals surface area contributed by atoms with Gasteiger partial charge in [-0.05, 0) is 0 Å². The molecule has 0 aliphatic carbocycles. The first-order valence-corrected chi connectivity index (χ1v) is 9.56. The summed E-state index contributed by atoms with van der Waals surface area (Å²) >= 11 is 0. The quantitative estimate of drug-likeness (QED) is 0.359. The Morgan fingerprint density at radius 2 is 1.80 bits per heavy atom. The molecule has 0 aromatic rings. The summed E-state index contributed by atoms with van der Waals surface area (Å²) in [6.45, 7) is 3.05. The van der Waals surface area contributed by atoms with Gasteiger partial charge < -0.3 is 14.4 Å². The molecule has 0 fully saturated rings. The first-order chi connectivity index (χ1) is 9.09. The smallest absolute Gasteiger partial charge is 0.302 e. The van der Waals surface area contributed by atoms with E-state index >= 15 is 0 Å². The Morgan fingerprint density at radius 3 is 2.10 bits per heavy atom. The number of rotatable bonds is 9. The van der Waals surface area contributed by atoms with Crippen LogP contribution in [0.5, 0.6) is 0 Å².